The highest BCUT2D eigenvalue weighted by Crippen LogP contribution is 2.38. The van der Waals surface area contributed by atoms with E-state index < -0.39 is 11.7 Å². The van der Waals surface area contributed by atoms with E-state index in [1.807, 2.05) is 0 Å². The van der Waals surface area contributed by atoms with Gasteiger partial charge in [-0.3, -0.25) is 5.41 Å². The van der Waals surface area contributed by atoms with Gasteiger partial charge >= 0.3 is 6.18 Å². The lowest BCUT2D eigenvalue weighted by Gasteiger charge is -2.15. The van der Waals surface area contributed by atoms with Gasteiger partial charge in [-0.2, -0.15) is 13.2 Å². The first kappa shape index (κ1) is 12.4. The Kier molecular flexibility index (Phi) is 3.41. The molecule has 0 fully saturated rings. The number of alkyl halides is 3. The standard InChI is InChI=1S/C10H11F3N2O/c1-16-9-6(5-8(14)15)3-2-4-7(9)10(11,12)13/h2-4H,5H2,1H3,(H3,14,15). The van der Waals surface area contributed by atoms with Crippen LogP contribution in [0.15, 0.2) is 18.2 Å². The molecule has 16 heavy (non-hydrogen) atoms. The summed E-state index contributed by atoms with van der Waals surface area (Å²) < 4.78 is 42.5. The Balaban J connectivity index is 3.26. The predicted octanol–water partition coefficient (Wildman–Crippen LogP) is 2.19. The molecule has 0 radical (unpaired) electrons. The maximum Gasteiger partial charge on any atom is 0.419 e. The SMILES string of the molecule is COc1c(CC(=N)N)cccc1C(F)(F)F. The van der Waals surface area contributed by atoms with Crippen molar-refractivity contribution in [1.29, 1.82) is 5.41 Å². The summed E-state index contributed by atoms with van der Waals surface area (Å²) in [6.45, 7) is 0. The summed E-state index contributed by atoms with van der Waals surface area (Å²) in [5, 5.41) is 7.07. The van der Waals surface area contributed by atoms with Crippen molar-refractivity contribution in [3.63, 3.8) is 0 Å². The zero-order chi connectivity index (χ0) is 12.3. The van der Waals surface area contributed by atoms with Crippen LogP contribution in [-0.2, 0) is 12.6 Å². The molecular formula is C10H11F3N2O. The molecule has 88 valence electrons. The zero-order valence-electron chi connectivity index (χ0n) is 8.56. The smallest absolute Gasteiger partial charge is 0.419 e. The molecule has 0 aromatic heterocycles. The molecule has 0 atom stereocenters. The average Bonchev–Trinajstić information content (AvgIpc) is 2.15. The Bertz CT molecular complexity index is 402. The highest BCUT2D eigenvalue weighted by molar-refractivity contribution is 5.80. The summed E-state index contributed by atoms with van der Waals surface area (Å²) in [6, 6.07) is 3.65. The monoisotopic (exact) mass is 232 g/mol. The van der Waals surface area contributed by atoms with Crippen LogP contribution in [0, 0.1) is 5.41 Å². The van der Waals surface area contributed by atoms with Crippen molar-refractivity contribution < 1.29 is 17.9 Å². The normalized spacial score (nSPS) is 11.2. The van der Waals surface area contributed by atoms with Crippen molar-refractivity contribution in [3.8, 4) is 5.75 Å². The van der Waals surface area contributed by atoms with E-state index in [4.69, 9.17) is 15.9 Å². The quantitative estimate of drug-likeness (QED) is 0.620. The number of para-hydroxylation sites is 1. The fraction of sp³-hybridized carbons (Fsp3) is 0.300. The number of ether oxygens (including phenoxy) is 1. The highest BCUT2D eigenvalue weighted by Gasteiger charge is 2.35. The summed E-state index contributed by atoms with van der Waals surface area (Å²) in [5.74, 6) is -0.483. The minimum Gasteiger partial charge on any atom is -0.496 e. The molecule has 0 saturated carbocycles. The molecule has 1 aromatic rings. The van der Waals surface area contributed by atoms with E-state index >= 15 is 0 Å². The van der Waals surface area contributed by atoms with Crippen LogP contribution in [0.2, 0.25) is 0 Å². The lowest BCUT2D eigenvalue weighted by atomic mass is 10.1. The van der Waals surface area contributed by atoms with Crippen LogP contribution in [-0.4, -0.2) is 12.9 Å². The van der Waals surface area contributed by atoms with Gasteiger partial charge in [0.15, 0.2) is 0 Å². The Morgan fingerprint density at radius 2 is 2.06 bits per heavy atom. The number of benzene rings is 1. The minimum atomic E-state index is -4.47. The van der Waals surface area contributed by atoms with Gasteiger partial charge in [-0.05, 0) is 6.07 Å². The molecule has 0 aliphatic rings. The van der Waals surface area contributed by atoms with Crippen LogP contribution in [0.3, 0.4) is 0 Å². The van der Waals surface area contributed by atoms with Crippen molar-refractivity contribution in [2.75, 3.05) is 7.11 Å². The van der Waals surface area contributed by atoms with Gasteiger partial charge in [0.25, 0.3) is 0 Å². The van der Waals surface area contributed by atoms with E-state index in [1.54, 1.807) is 0 Å². The van der Waals surface area contributed by atoms with Crippen LogP contribution < -0.4 is 10.5 Å². The maximum atomic E-state index is 12.6. The van der Waals surface area contributed by atoms with Gasteiger partial charge in [0.2, 0.25) is 0 Å². The van der Waals surface area contributed by atoms with Crippen LogP contribution in [0.5, 0.6) is 5.75 Å². The van der Waals surface area contributed by atoms with Gasteiger partial charge in [0, 0.05) is 12.0 Å². The van der Waals surface area contributed by atoms with E-state index in [1.165, 1.54) is 12.1 Å². The zero-order valence-corrected chi connectivity index (χ0v) is 8.56. The number of hydrogen-bond acceptors (Lipinski definition) is 2. The van der Waals surface area contributed by atoms with Crippen molar-refractivity contribution >= 4 is 5.84 Å². The molecule has 0 aliphatic heterocycles. The van der Waals surface area contributed by atoms with E-state index in [-0.39, 0.29) is 23.6 Å². The Morgan fingerprint density at radius 1 is 1.44 bits per heavy atom. The number of hydrogen-bond donors (Lipinski definition) is 2. The first-order valence-electron chi connectivity index (χ1n) is 4.42. The van der Waals surface area contributed by atoms with E-state index in [0.717, 1.165) is 13.2 Å². The second kappa shape index (κ2) is 4.42. The van der Waals surface area contributed by atoms with Crippen LogP contribution in [0.1, 0.15) is 11.1 Å². The Hall–Kier alpha value is -1.72. The van der Waals surface area contributed by atoms with Crippen molar-refractivity contribution in [3.05, 3.63) is 29.3 Å². The molecule has 0 bridgehead atoms. The van der Waals surface area contributed by atoms with E-state index in [2.05, 4.69) is 0 Å². The molecule has 0 heterocycles. The third-order valence-corrected chi connectivity index (χ3v) is 1.99. The van der Waals surface area contributed by atoms with Crippen LogP contribution in [0.4, 0.5) is 13.2 Å². The summed E-state index contributed by atoms with van der Waals surface area (Å²) in [7, 11) is 1.16. The minimum absolute atomic E-state index is 0.0624. The average molecular weight is 232 g/mol. The number of nitrogens with two attached hydrogens (primary N) is 1. The topological polar surface area (TPSA) is 59.1 Å². The molecule has 0 amide bonds. The largest absolute Gasteiger partial charge is 0.496 e. The molecule has 6 heteroatoms. The third kappa shape index (κ3) is 2.65. The van der Waals surface area contributed by atoms with Crippen molar-refractivity contribution in [1.82, 2.24) is 0 Å². The number of amidine groups is 1. The third-order valence-electron chi connectivity index (χ3n) is 1.99. The first-order chi connectivity index (χ1) is 7.36. The van der Waals surface area contributed by atoms with Gasteiger partial charge in [-0.15, -0.1) is 0 Å². The number of halogens is 3. The van der Waals surface area contributed by atoms with E-state index in [0.29, 0.717) is 0 Å². The van der Waals surface area contributed by atoms with Gasteiger partial charge in [-0.25, -0.2) is 0 Å². The maximum absolute atomic E-state index is 12.6. The molecule has 3 N–H and O–H groups in total. The summed E-state index contributed by atoms with van der Waals surface area (Å²) >= 11 is 0. The summed E-state index contributed by atoms with van der Waals surface area (Å²) in [4.78, 5) is 0. The van der Waals surface area contributed by atoms with E-state index in [9.17, 15) is 13.2 Å². The molecule has 3 nitrogen and oxygen atoms in total. The molecule has 0 unspecified atom stereocenters. The molecular weight excluding hydrogens is 221 g/mol. The molecule has 0 spiro atoms. The lowest BCUT2D eigenvalue weighted by Crippen LogP contribution is -2.15. The van der Waals surface area contributed by atoms with Gasteiger partial charge in [0.05, 0.1) is 18.5 Å². The number of methoxy groups -OCH3 is 1. The van der Waals surface area contributed by atoms with Gasteiger partial charge in [0.1, 0.15) is 5.75 Å². The fourth-order valence-corrected chi connectivity index (χ4v) is 1.39. The van der Waals surface area contributed by atoms with Crippen molar-refractivity contribution in [2.24, 2.45) is 5.73 Å². The van der Waals surface area contributed by atoms with Gasteiger partial charge < -0.3 is 10.5 Å². The second-order valence-corrected chi connectivity index (χ2v) is 3.20. The Morgan fingerprint density at radius 3 is 2.50 bits per heavy atom. The molecule has 1 aromatic carbocycles. The molecule has 0 saturated heterocycles. The molecule has 1 rings (SSSR count). The lowest BCUT2D eigenvalue weighted by molar-refractivity contribution is -0.138. The predicted molar refractivity (Wildman–Crippen MR) is 53.6 cm³/mol. The molecule has 0 aliphatic carbocycles. The first-order valence-corrected chi connectivity index (χ1v) is 4.42. The van der Waals surface area contributed by atoms with Crippen LogP contribution >= 0.6 is 0 Å². The van der Waals surface area contributed by atoms with Crippen LogP contribution in [0.25, 0.3) is 0 Å². The summed E-state index contributed by atoms with van der Waals surface area (Å²) in [5.41, 5.74) is 4.56. The number of nitrogens with one attached hydrogen (secondary N) is 1. The number of rotatable bonds is 3. The Labute approximate surface area is 90.5 Å². The fourth-order valence-electron chi connectivity index (χ4n) is 1.39. The summed E-state index contributed by atoms with van der Waals surface area (Å²) in [6.07, 6.45) is -4.54. The van der Waals surface area contributed by atoms with Gasteiger partial charge in [-0.1, -0.05) is 12.1 Å². The highest BCUT2D eigenvalue weighted by atomic mass is 19.4. The van der Waals surface area contributed by atoms with Crippen molar-refractivity contribution in [2.45, 2.75) is 12.6 Å². The second-order valence-electron chi connectivity index (χ2n) is 3.20.